The fourth-order valence-electron chi connectivity index (χ4n) is 2.81. The van der Waals surface area contributed by atoms with E-state index in [1.807, 2.05) is 37.3 Å². The Morgan fingerprint density at radius 3 is 2.45 bits per heavy atom. The van der Waals surface area contributed by atoms with E-state index in [2.05, 4.69) is 6.92 Å². The molecule has 112 valence electrons. The summed E-state index contributed by atoms with van der Waals surface area (Å²) < 4.78 is 26.2. The lowest BCUT2D eigenvalue weighted by Crippen LogP contribution is -2.68. The Balaban J connectivity index is 1.96. The molecule has 1 aliphatic heterocycles. The van der Waals surface area contributed by atoms with Crippen molar-refractivity contribution in [3.63, 3.8) is 0 Å². The number of hydrogen-bond acceptors (Lipinski definition) is 3. The van der Waals surface area contributed by atoms with Gasteiger partial charge in [0.1, 0.15) is 0 Å². The van der Waals surface area contributed by atoms with E-state index >= 15 is 0 Å². The zero-order valence-electron chi connectivity index (χ0n) is 12.2. The Morgan fingerprint density at radius 2 is 1.90 bits per heavy atom. The van der Waals surface area contributed by atoms with Crippen molar-refractivity contribution in [2.75, 3.05) is 18.8 Å². The first kappa shape index (κ1) is 15.5. The summed E-state index contributed by atoms with van der Waals surface area (Å²) in [4.78, 5) is 0. The number of benzene rings is 1. The largest absolute Gasteiger partial charge is 0.323 e. The minimum Gasteiger partial charge on any atom is -0.323 e. The van der Waals surface area contributed by atoms with Gasteiger partial charge in [0.15, 0.2) is 0 Å². The monoisotopic (exact) mass is 296 g/mol. The molecule has 20 heavy (non-hydrogen) atoms. The highest BCUT2D eigenvalue weighted by atomic mass is 32.2. The van der Waals surface area contributed by atoms with Crippen molar-refractivity contribution in [3.8, 4) is 0 Å². The first-order chi connectivity index (χ1) is 9.36. The fourth-order valence-corrected chi connectivity index (χ4v) is 4.75. The predicted molar refractivity (Wildman–Crippen MR) is 82.0 cm³/mol. The van der Waals surface area contributed by atoms with E-state index in [1.54, 1.807) is 0 Å². The van der Waals surface area contributed by atoms with E-state index in [0.717, 1.165) is 18.4 Å². The van der Waals surface area contributed by atoms with Gasteiger partial charge in [-0.3, -0.25) is 0 Å². The van der Waals surface area contributed by atoms with E-state index in [9.17, 15) is 8.42 Å². The Bertz CT molecular complexity index is 536. The van der Waals surface area contributed by atoms with Crippen LogP contribution in [0.3, 0.4) is 0 Å². The lowest BCUT2D eigenvalue weighted by molar-refractivity contribution is 0.147. The molecule has 1 atom stereocenters. The van der Waals surface area contributed by atoms with Crippen LogP contribution in [0.5, 0.6) is 0 Å². The van der Waals surface area contributed by atoms with Gasteiger partial charge >= 0.3 is 0 Å². The Kier molecular flexibility index (Phi) is 4.52. The minimum absolute atomic E-state index is 0.000139. The second-order valence-electron chi connectivity index (χ2n) is 5.97. The second kappa shape index (κ2) is 5.84. The van der Waals surface area contributed by atoms with Gasteiger partial charge in [0.25, 0.3) is 0 Å². The van der Waals surface area contributed by atoms with E-state index < -0.39 is 10.0 Å². The highest BCUT2D eigenvalue weighted by Gasteiger charge is 2.44. The van der Waals surface area contributed by atoms with Crippen LogP contribution in [0.15, 0.2) is 30.3 Å². The summed E-state index contributed by atoms with van der Waals surface area (Å²) in [7, 11) is -3.21. The van der Waals surface area contributed by atoms with Gasteiger partial charge in [-0.2, -0.15) is 4.31 Å². The van der Waals surface area contributed by atoms with Crippen molar-refractivity contribution in [1.29, 1.82) is 0 Å². The SMILES string of the molecule is CCCC1(N)CN(S(=O)(=O)CC(C)c2ccccc2)C1. The average molecular weight is 296 g/mol. The van der Waals surface area contributed by atoms with Gasteiger partial charge in [-0.1, -0.05) is 50.6 Å². The molecular formula is C15H24N2O2S. The van der Waals surface area contributed by atoms with Gasteiger partial charge in [0.2, 0.25) is 10.0 Å². The molecule has 0 aromatic heterocycles. The maximum absolute atomic E-state index is 12.4. The molecule has 1 aliphatic rings. The van der Waals surface area contributed by atoms with Gasteiger partial charge in [-0.05, 0) is 17.9 Å². The third-order valence-corrected chi connectivity index (χ3v) is 5.92. The van der Waals surface area contributed by atoms with E-state index in [1.165, 1.54) is 4.31 Å². The maximum Gasteiger partial charge on any atom is 0.214 e. The first-order valence-electron chi connectivity index (χ1n) is 7.18. The highest BCUT2D eigenvalue weighted by Crippen LogP contribution is 2.28. The first-order valence-corrected chi connectivity index (χ1v) is 8.79. The van der Waals surface area contributed by atoms with Crippen molar-refractivity contribution in [2.45, 2.75) is 38.1 Å². The summed E-state index contributed by atoms with van der Waals surface area (Å²) in [5.74, 6) is 0.152. The summed E-state index contributed by atoms with van der Waals surface area (Å²) in [5.41, 5.74) is 6.89. The standard InChI is InChI=1S/C15H24N2O2S/c1-3-9-15(16)11-17(12-15)20(18,19)10-13(2)14-7-5-4-6-8-14/h4-8,13H,3,9-12,16H2,1-2H3. The van der Waals surface area contributed by atoms with Crippen molar-refractivity contribution in [1.82, 2.24) is 4.31 Å². The highest BCUT2D eigenvalue weighted by molar-refractivity contribution is 7.89. The Labute approximate surface area is 122 Å². The summed E-state index contributed by atoms with van der Waals surface area (Å²) >= 11 is 0. The predicted octanol–water partition coefficient (Wildman–Crippen LogP) is 1.93. The van der Waals surface area contributed by atoms with Gasteiger partial charge in [0, 0.05) is 18.6 Å². The number of rotatable bonds is 6. The van der Waals surface area contributed by atoms with E-state index in [4.69, 9.17) is 5.73 Å². The average Bonchev–Trinajstić information content (AvgIpc) is 2.36. The molecule has 0 spiro atoms. The molecule has 2 rings (SSSR count). The molecule has 0 radical (unpaired) electrons. The third kappa shape index (κ3) is 3.40. The molecule has 1 unspecified atom stereocenters. The smallest absolute Gasteiger partial charge is 0.214 e. The van der Waals surface area contributed by atoms with Gasteiger partial charge in [-0.15, -0.1) is 0 Å². The Hall–Kier alpha value is -0.910. The normalized spacial score (nSPS) is 20.4. The van der Waals surface area contributed by atoms with Crippen molar-refractivity contribution < 1.29 is 8.42 Å². The van der Waals surface area contributed by atoms with Crippen molar-refractivity contribution in [2.24, 2.45) is 5.73 Å². The van der Waals surface area contributed by atoms with Crippen LogP contribution in [-0.2, 0) is 10.0 Å². The molecule has 1 aromatic carbocycles. The second-order valence-corrected chi connectivity index (χ2v) is 7.98. The van der Waals surface area contributed by atoms with Crippen LogP contribution >= 0.6 is 0 Å². The van der Waals surface area contributed by atoms with Crippen LogP contribution in [0.25, 0.3) is 0 Å². The molecule has 1 fully saturated rings. The van der Waals surface area contributed by atoms with E-state index in [0.29, 0.717) is 13.1 Å². The number of nitrogens with zero attached hydrogens (tertiary/aromatic N) is 1. The molecule has 5 heteroatoms. The zero-order chi connectivity index (χ0) is 14.8. The summed E-state index contributed by atoms with van der Waals surface area (Å²) in [6.07, 6.45) is 1.87. The number of sulfonamides is 1. The van der Waals surface area contributed by atoms with Gasteiger partial charge in [-0.25, -0.2) is 8.42 Å². The summed E-state index contributed by atoms with van der Waals surface area (Å²) in [6, 6.07) is 9.76. The molecule has 2 N–H and O–H groups in total. The number of nitrogens with two attached hydrogens (primary N) is 1. The molecule has 0 bridgehead atoms. The maximum atomic E-state index is 12.4. The Morgan fingerprint density at radius 1 is 1.30 bits per heavy atom. The topological polar surface area (TPSA) is 63.4 Å². The van der Waals surface area contributed by atoms with Crippen LogP contribution in [0.1, 0.15) is 38.2 Å². The molecule has 1 heterocycles. The lowest BCUT2D eigenvalue weighted by Gasteiger charge is -2.47. The molecule has 0 amide bonds. The molecule has 0 aliphatic carbocycles. The van der Waals surface area contributed by atoms with Crippen LogP contribution in [0, 0.1) is 0 Å². The van der Waals surface area contributed by atoms with Crippen molar-refractivity contribution in [3.05, 3.63) is 35.9 Å². The van der Waals surface area contributed by atoms with Gasteiger partial charge < -0.3 is 5.73 Å². The van der Waals surface area contributed by atoms with Crippen molar-refractivity contribution >= 4 is 10.0 Å². The van der Waals surface area contributed by atoms with Crippen LogP contribution in [0.2, 0.25) is 0 Å². The minimum atomic E-state index is -3.21. The summed E-state index contributed by atoms with van der Waals surface area (Å²) in [6.45, 7) is 4.95. The van der Waals surface area contributed by atoms with Crippen LogP contribution in [0.4, 0.5) is 0 Å². The molecule has 0 saturated carbocycles. The molecule has 1 saturated heterocycles. The summed E-state index contributed by atoms with van der Waals surface area (Å²) in [5, 5.41) is 0. The number of hydrogen-bond donors (Lipinski definition) is 1. The fraction of sp³-hybridized carbons (Fsp3) is 0.600. The van der Waals surface area contributed by atoms with Crippen LogP contribution in [-0.4, -0.2) is 37.1 Å². The van der Waals surface area contributed by atoms with E-state index in [-0.39, 0.29) is 17.2 Å². The van der Waals surface area contributed by atoms with Crippen LogP contribution < -0.4 is 5.73 Å². The quantitative estimate of drug-likeness (QED) is 0.872. The molecular weight excluding hydrogens is 272 g/mol. The zero-order valence-corrected chi connectivity index (χ0v) is 13.1. The molecule has 4 nitrogen and oxygen atoms in total. The lowest BCUT2D eigenvalue weighted by atomic mass is 9.89. The molecule has 1 aromatic rings. The van der Waals surface area contributed by atoms with Gasteiger partial charge in [0.05, 0.1) is 5.75 Å². The third-order valence-electron chi connectivity index (χ3n) is 3.95.